The van der Waals surface area contributed by atoms with E-state index in [0.29, 0.717) is 17.7 Å². The van der Waals surface area contributed by atoms with Crippen LogP contribution in [0.2, 0.25) is 0 Å². The van der Waals surface area contributed by atoms with Crippen LogP contribution in [0.3, 0.4) is 0 Å². The summed E-state index contributed by atoms with van der Waals surface area (Å²) < 4.78 is 0. The second kappa shape index (κ2) is 8.36. The highest BCUT2D eigenvalue weighted by molar-refractivity contribution is 6.15. The van der Waals surface area contributed by atoms with Crippen molar-refractivity contribution in [2.24, 2.45) is 17.6 Å². The second-order valence-electron chi connectivity index (χ2n) is 9.28. The van der Waals surface area contributed by atoms with E-state index in [1.807, 2.05) is 55.5 Å². The van der Waals surface area contributed by atoms with Gasteiger partial charge in [-0.25, -0.2) is 0 Å². The average molecular weight is 461 g/mol. The normalized spacial score (nSPS) is 27.3. The average Bonchev–Trinajstić information content (AvgIpc) is 3.41. The Morgan fingerprint density at radius 1 is 1.06 bits per heavy atom. The molecule has 4 amide bonds. The van der Waals surface area contributed by atoms with Crippen molar-refractivity contribution in [1.29, 1.82) is 0 Å². The molecule has 4 N–H and O–H groups in total. The number of imide groups is 1. The van der Waals surface area contributed by atoms with E-state index < -0.39 is 29.3 Å². The molecule has 1 spiro atoms. The standard InChI is InChI=1S/C26H28N4O4/c1-2-16-9-6-10-17-22(16)28-25(34)26(17)21-20(18(29-26)11-12-19(27)31)23(32)30(24(21)33)14-13-15-7-4-3-5-8-15/h3-10,18,20-21,29H,2,11-14H2,1H3,(H2,27,31)(H,28,34)/t18-,20-,21-,26-/m1/s1. The van der Waals surface area contributed by atoms with E-state index in [2.05, 4.69) is 10.6 Å². The maximum atomic E-state index is 13.8. The van der Waals surface area contributed by atoms with Crippen molar-refractivity contribution >= 4 is 29.3 Å². The van der Waals surface area contributed by atoms with Gasteiger partial charge in [0.25, 0.3) is 0 Å². The minimum Gasteiger partial charge on any atom is -0.370 e. The Balaban J connectivity index is 1.54. The zero-order valence-electron chi connectivity index (χ0n) is 19.0. The number of rotatable bonds is 7. The molecule has 34 heavy (non-hydrogen) atoms. The second-order valence-corrected chi connectivity index (χ2v) is 9.28. The number of carbonyl (C=O) groups is 4. The van der Waals surface area contributed by atoms with E-state index in [1.54, 1.807) is 0 Å². The Morgan fingerprint density at radius 2 is 1.82 bits per heavy atom. The summed E-state index contributed by atoms with van der Waals surface area (Å²) in [6.45, 7) is 2.25. The quantitative estimate of drug-likeness (QED) is 0.541. The molecule has 8 heteroatoms. The summed E-state index contributed by atoms with van der Waals surface area (Å²) in [6.07, 6.45) is 1.59. The number of nitrogens with one attached hydrogen (secondary N) is 2. The van der Waals surface area contributed by atoms with E-state index in [0.717, 1.165) is 17.5 Å². The minimum absolute atomic E-state index is 0.0614. The number of aryl methyl sites for hydroxylation is 1. The molecule has 3 aliphatic heterocycles. The van der Waals surface area contributed by atoms with E-state index in [9.17, 15) is 19.2 Å². The van der Waals surface area contributed by atoms with Crippen molar-refractivity contribution in [1.82, 2.24) is 10.2 Å². The highest BCUT2D eigenvalue weighted by Crippen LogP contribution is 2.54. The Labute approximate surface area is 197 Å². The van der Waals surface area contributed by atoms with Gasteiger partial charge < -0.3 is 11.1 Å². The topological polar surface area (TPSA) is 122 Å². The van der Waals surface area contributed by atoms with Gasteiger partial charge in [-0.2, -0.15) is 0 Å². The van der Waals surface area contributed by atoms with Crippen LogP contribution in [0.1, 0.15) is 36.5 Å². The third-order valence-electron chi connectivity index (χ3n) is 7.48. The van der Waals surface area contributed by atoms with E-state index in [4.69, 9.17) is 5.73 Å². The SMILES string of the molecule is CCc1cccc2c1NC(=O)[C@@]21N[C@H](CCC(N)=O)[C@H]2C(=O)N(CCc3ccccc3)C(=O)[C@@H]21. The van der Waals surface area contributed by atoms with Crippen LogP contribution in [0.15, 0.2) is 48.5 Å². The van der Waals surface area contributed by atoms with Crippen molar-refractivity contribution < 1.29 is 19.2 Å². The lowest BCUT2D eigenvalue weighted by Gasteiger charge is -2.29. The Morgan fingerprint density at radius 3 is 2.53 bits per heavy atom. The molecule has 0 bridgehead atoms. The molecule has 176 valence electrons. The van der Waals surface area contributed by atoms with Crippen molar-refractivity contribution in [2.75, 3.05) is 11.9 Å². The Bertz CT molecular complexity index is 1180. The number of hydrogen-bond donors (Lipinski definition) is 3. The van der Waals surface area contributed by atoms with Gasteiger partial charge in [-0.1, -0.05) is 55.5 Å². The summed E-state index contributed by atoms with van der Waals surface area (Å²) in [5.74, 6) is -3.05. The molecular weight excluding hydrogens is 432 g/mol. The molecular formula is C26H28N4O4. The molecule has 2 saturated heterocycles. The van der Waals surface area contributed by atoms with Crippen molar-refractivity contribution in [2.45, 2.75) is 44.2 Å². The lowest BCUT2D eigenvalue weighted by molar-refractivity contribution is -0.142. The lowest BCUT2D eigenvalue weighted by atomic mass is 9.76. The summed E-state index contributed by atoms with van der Waals surface area (Å²) in [5.41, 5.74) is 7.44. The first-order chi connectivity index (χ1) is 16.4. The number of amides is 4. The van der Waals surface area contributed by atoms with Gasteiger partial charge in [0.05, 0.1) is 11.8 Å². The minimum atomic E-state index is -1.35. The number of likely N-dealkylation sites (tertiary alicyclic amines) is 1. The number of hydrogen-bond acceptors (Lipinski definition) is 5. The van der Waals surface area contributed by atoms with E-state index >= 15 is 0 Å². The number of anilines is 1. The molecule has 0 radical (unpaired) electrons. The molecule has 2 fully saturated rings. The third kappa shape index (κ3) is 3.24. The highest BCUT2D eigenvalue weighted by atomic mass is 16.2. The molecule has 2 aromatic carbocycles. The Hall–Kier alpha value is -3.52. The summed E-state index contributed by atoms with van der Waals surface area (Å²) in [6, 6.07) is 14.8. The number of benzene rings is 2. The molecule has 8 nitrogen and oxygen atoms in total. The van der Waals surface area contributed by atoms with Crippen LogP contribution in [-0.4, -0.2) is 41.1 Å². The molecule has 0 saturated carbocycles. The number of primary amides is 1. The monoisotopic (exact) mass is 460 g/mol. The first-order valence-corrected chi connectivity index (χ1v) is 11.8. The van der Waals surface area contributed by atoms with E-state index in [-0.39, 0.29) is 37.1 Å². The van der Waals surface area contributed by atoms with Gasteiger partial charge in [0, 0.05) is 30.3 Å². The fourth-order valence-electron chi connectivity index (χ4n) is 5.90. The molecule has 4 atom stereocenters. The van der Waals surface area contributed by atoms with Crippen LogP contribution in [0.25, 0.3) is 0 Å². The van der Waals surface area contributed by atoms with Crippen LogP contribution >= 0.6 is 0 Å². The highest BCUT2D eigenvalue weighted by Gasteiger charge is 2.70. The van der Waals surface area contributed by atoms with Gasteiger partial charge in [-0.05, 0) is 30.4 Å². The van der Waals surface area contributed by atoms with Crippen LogP contribution in [0, 0.1) is 11.8 Å². The molecule has 5 rings (SSSR count). The number of carbonyl (C=O) groups excluding carboxylic acids is 4. The van der Waals surface area contributed by atoms with Crippen LogP contribution in [0.4, 0.5) is 5.69 Å². The van der Waals surface area contributed by atoms with Gasteiger partial charge in [0.2, 0.25) is 23.6 Å². The number of nitrogens with zero attached hydrogens (tertiary/aromatic N) is 1. The van der Waals surface area contributed by atoms with Gasteiger partial charge in [0.1, 0.15) is 5.54 Å². The summed E-state index contributed by atoms with van der Waals surface area (Å²) in [7, 11) is 0. The van der Waals surface area contributed by atoms with E-state index in [1.165, 1.54) is 4.90 Å². The Kier molecular flexibility index (Phi) is 5.48. The predicted molar refractivity (Wildman–Crippen MR) is 125 cm³/mol. The molecule has 2 aromatic rings. The van der Waals surface area contributed by atoms with Gasteiger partial charge >= 0.3 is 0 Å². The molecule has 0 unspecified atom stereocenters. The molecule has 0 aliphatic carbocycles. The van der Waals surface area contributed by atoms with Crippen LogP contribution < -0.4 is 16.4 Å². The number of fused-ring (bicyclic) bond motifs is 4. The molecule has 3 heterocycles. The van der Waals surface area contributed by atoms with Gasteiger partial charge in [-0.15, -0.1) is 0 Å². The number of para-hydroxylation sites is 1. The van der Waals surface area contributed by atoms with Crippen molar-refractivity contribution in [3.63, 3.8) is 0 Å². The molecule has 3 aliphatic rings. The first-order valence-electron chi connectivity index (χ1n) is 11.8. The fraction of sp³-hybridized carbons (Fsp3) is 0.385. The third-order valence-corrected chi connectivity index (χ3v) is 7.48. The smallest absolute Gasteiger partial charge is 0.250 e. The predicted octanol–water partition coefficient (Wildman–Crippen LogP) is 1.48. The van der Waals surface area contributed by atoms with Gasteiger partial charge in [-0.3, -0.25) is 29.4 Å². The number of nitrogens with two attached hydrogens (primary N) is 1. The first kappa shape index (κ1) is 22.3. The fourth-order valence-corrected chi connectivity index (χ4v) is 5.90. The molecule has 0 aromatic heterocycles. The largest absolute Gasteiger partial charge is 0.370 e. The summed E-state index contributed by atoms with van der Waals surface area (Å²) in [5, 5.41) is 6.33. The summed E-state index contributed by atoms with van der Waals surface area (Å²) in [4.78, 5) is 53.7. The van der Waals surface area contributed by atoms with Crippen molar-refractivity contribution in [3.05, 3.63) is 65.2 Å². The maximum Gasteiger partial charge on any atom is 0.250 e. The summed E-state index contributed by atoms with van der Waals surface area (Å²) >= 11 is 0. The zero-order valence-corrected chi connectivity index (χ0v) is 19.0. The van der Waals surface area contributed by atoms with Crippen LogP contribution in [0.5, 0.6) is 0 Å². The van der Waals surface area contributed by atoms with Crippen LogP contribution in [-0.2, 0) is 37.6 Å². The zero-order chi connectivity index (χ0) is 24.0. The lowest BCUT2D eigenvalue weighted by Crippen LogP contribution is -2.53. The van der Waals surface area contributed by atoms with Crippen molar-refractivity contribution in [3.8, 4) is 0 Å². The maximum absolute atomic E-state index is 13.8. The van der Waals surface area contributed by atoms with Gasteiger partial charge in [0.15, 0.2) is 0 Å².